The quantitative estimate of drug-likeness (QED) is 0.522. The number of carbonyl (C=O) groups is 1. The summed E-state index contributed by atoms with van der Waals surface area (Å²) >= 11 is 3.29. The standard InChI is InChI=1S/C20H23BrN4O3S/c1-4-25-18-8-6-5-7-17(18)22-19(25)13-23(2)20(26)14-24(3)29(27,28)16-11-9-15(21)10-12-16/h5-12H,4,13-14H2,1-3H3. The molecule has 29 heavy (non-hydrogen) atoms. The molecule has 0 aliphatic rings. The van der Waals surface area contributed by atoms with Crippen molar-refractivity contribution in [3.63, 3.8) is 0 Å². The fourth-order valence-corrected chi connectivity index (χ4v) is 4.47. The van der Waals surface area contributed by atoms with E-state index in [1.54, 1.807) is 19.2 Å². The Morgan fingerprint density at radius 1 is 1.10 bits per heavy atom. The highest BCUT2D eigenvalue weighted by Crippen LogP contribution is 2.19. The van der Waals surface area contributed by atoms with Crippen LogP contribution in [0.4, 0.5) is 0 Å². The third-order valence-corrected chi connectivity index (χ3v) is 7.08. The summed E-state index contributed by atoms with van der Waals surface area (Å²) < 4.78 is 29.3. The maximum Gasteiger partial charge on any atom is 0.243 e. The Morgan fingerprint density at radius 2 is 1.76 bits per heavy atom. The van der Waals surface area contributed by atoms with Gasteiger partial charge < -0.3 is 9.47 Å². The second-order valence-electron chi connectivity index (χ2n) is 6.73. The summed E-state index contributed by atoms with van der Waals surface area (Å²) in [5.41, 5.74) is 1.89. The lowest BCUT2D eigenvalue weighted by molar-refractivity contribution is -0.130. The molecular weight excluding hydrogens is 456 g/mol. The van der Waals surface area contributed by atoms with Gasteiger partial charge in [-0.1, -0.05) is 28.1 Å². The lowest BCUT2D eigenvalue weighted by atomic mass is 10.3. The Hall–Kier alpha value is -2.23. The molecule has 3 rings (SSSR count). The number of benzene rings is 2. The van der Waals surface area contributed by atoms with Crippen molar-refractivity contribution < 1.29 is 13.2 Å². The molecule has 2 aromatic carbocycles. The van der Waals surface area contributed by atoms with Crippen LogP contribution >= 0.6 is 15.9 Å². The van der Waals surface area contributed by atoms with Crippen molar-refractivity contribution in [1.29, 1.82) is 0 Å². The van der Waals surface area contributed by atoms with Crippen LogP contribution < -0.4 is 0 Å². The van der Waals surface area contributed by atoms with Crippen LogP contribution in [0.3, 0.4) is 0 Å². The van der Waals surface area contributed by atoms with Crippen molar-refractivity contribution in [2.75, 3.05) is 20.6 Å². The first-order valence-corrected chi connectivity index (χ1v) is 11.4. The predicted octanol–water partition coefficient (Wildman–Crippen LogP) is 3.10. The van der Waals surface area contributed by atoms with Crippen LogP contribution in [0.5, 0.6) is 0 Å². The van der Waals surface area contributed by atoms with Crippen molar-refractivity contribution >= 4 is 42.9 Å². The third-order valence-electron chi connectivity index (χ3n) is 4.73. The van der Waals surface area contributed by atoms with Crippen LogP contribution in [-0.2, 0) is 27.9 Å². The number of imidazole rings is 1. The highest BCUT2D eigenvalue weighted by Gasteiger charge is 2.25. The first-order valence-electron chi connectivity index (χ1n) is 9.14. The van der Waals surface area contributed by atoms with Crippen molar-refractivity contribution in [2.45, 2.75) is 24.9 Å². The number of fused-ring (bicyclic) bond motifs is 1. The molecule has 0 unspecified atom stereocenters. The number of hydrogen-bond acceptors (Lipinski definition) is 4. The predicted molar refractivity (Wildman–Crippen MR) is 116 cm³/mol. The zero-order valence-electron chi connectivity index (χ0n) is 16.5. The summed E-state index contributed by atoms with van der Waals surface area (Å²) in [5.74, 6) is 0.464. The zero-order chi connectivity index (χ0) is 21.2. The molecule has 0 spiro atoms. The fraction of sp³-hybridized carbons (Fsp3) is 0.300. The van der Waals surface area contributed by atoms with Crippen LogP contribution in [0.15, 0.2) is 57.9 Å². The van der Waals surface area contributed by atoms with Gasteiger partial charge in [0.25, 0.3) is 0 Å². The van der Waals surface area contributed by atoms with Crippen LogP contribution in [0.1, 0.15) is 12.7 Å². The van der Waals surface area contributed by atoms with Gasteiger partial charge in [-0.15, -0.1) is 0 Å². The molecule has 1 aromatic heterocycles. The van der Waals surface area contributed by atoms with Crippen LogP contribution in [-0.4, -0.2) is 53.7 Å². The molecule has 154 valence electrons. The highest BCUT2D eigenvalue weighted by atomic mass is 79.9. The lowest BCUT2D eigenvalue weighted by Gasteiger charge is -2.22. The zero-order valence-corrected chi connectivity index (χ0v) is 18.9. The summed E-state index contributed by atoms with van der Waals surface area (Å²) in [6.07, 6.45) is 0. The van der Waals surface area contributed by atoms with E-state index in [0.717, 1.165) is 32.2 Å². The molecule has 9 heteroatoms. The van der Waals surface area contributed by atoms with E-state index >= 15 is 0 Å². The van der Waals surface area contributed by atoms with Gasteiger partial charge in [-0.05, 0) is 43.3 Å². The average molecular weight is 479 g/mol. The minimum absolute atomic E-state index is 0.145. The molecule has 0 aliphatic carbocycles. The van der Waals surface area contributed by atoms with E-state index < -0.39 is 10.0 Å². The molecule has 1 heterocycles. The number of sulfonamides is 1. The maximum atomic E-state index is 12.7. The van der Waals surface area contributed by atoms with Gasteiger partial charge in [0.05, 0.1) is 29.0 Å². The van der Waals surface area contributed by atoms with Gasteiger partial charge in [0, 0.05) is 25.1 Å². The Kier molecular flexibility index (Phi) is 6.40. The molecule has 0 N–H and O–H groups in total. The van der Waals surface area contributed by atoms with Crippen LogP contribution in [0.25, 0.3) is 11.0 Å². The number of nitrogens with zero attached hydrogens (tertiary/aromatic N) is 4. The molecular formula is C20H23BrN4O3S. The fourth-order valence-electron chi connectivity index (χ4n) is 3.08. The molecule has 1 amide bonds. The Bertz CT molecular complexity index is 1130. The smallest absolute Gasteiger partial charge is 0.243 e. The molecule has 0 aliphatic heterocycles. The van der Waals surface area contributed by atoms with E-state index in [-0.39, 0.29) is 17.3 Å². The molecule has 7 nitrogen and oxygen atoms in total. The second-order valence-corrected chi connectivity index (χ2v) is 9.69. The minimum Gasteiger partial charge on any atom is -0.337 e. The van der Waals surface area contributed by atoms with Crippen molar-refractivity contribution in [3.05, 3.63) is 58.8 Å². The maximum absolute atomic E-state index is 12.7. The summed E-state index contributed by atoms with van der Waals surface area (Å²) in [6, 6.07) is 14.1. The van der Waals surface area contributed by atoms with Crippen molar-refractivity contribution in [3.8, 4) is 0 Å². The monoisotopic (exact) mass is 478 g/mol. The number of amides is 1. The molecule has 3 aromatic rings. The topological polar surface area (TPSA) is 75.5 Å². The van der Waals surface area contributed by atoms with E-state index in [9.17, 15) is 13.2 Å². The van der Waals surface area contributed by atoms with Crippen LogP contribution in [0, 0.1) is 0 Å². The minimum atomic E-state index is -3.75. The number of likely N-dealkylation sites (N-methyl/N-ethyl adjacent to an activating group) is 2. The number of halogens is 1. The molecule has 0 bridgehead atoms. The van der Waals surface area contributed by atoms with Gasteiger partial charge in [0.2, 0.25) is 15.9 Å². The summed E-state index contributed by atoms with van der Waals surface area (Å²) in [7, 11) is -0.685. The van der Waals surface area contributed by atoms with Crippen molar-refractivity contribution in [2.24, 2.45) is 0 Å². The summed E-state index contributed by atoms with van der Waals surface area (Å²) in [5, 5.41) is 0. The highest BCUT2D eigenvalue weighted by molar-refractivity contribution is 9.10. The normalized spacial score (nSPS) is 11.9. The number of para-hydroxylation sites is 2. The van der Waals surface area contributed by atoms with E-state index in [1.165, 1.54) is 24.1 Å². The van der Waals surface area contributed by atoms with E-state index in [0.29, 0.717) is 6.54 Å². The molecule has 0 radical (unpaired) electrons. The van der Waals surface area contributed by atoms with Gasteiger partial charge >= 0.3 is 0 Å². The molecule has 0 saturated carbocycles. The summed E-state index contributed by atoms with van der Waals surface area (Å²) in [4.78, 5) is 18.9. The van der Waals surface area contributed by atoms with Gasteiger partial charge in [-0.3, -0.25) is 4.79 Å². The first-order chi connectivity index (χ1) is 13.7. The van der Waals surface area contributed by atoms with Crippen LogP contribution in [0.2, 0.25) is 0 Å². The van der Waals surface area contributed by atoms with E-state index in [1.807, 2.05) is 31.2 Å². The Balaban J connectivity index is 1.73. The van der Waals surface area contributed by atoms with Crippen molar-refractivity contribution in [1.82, 2.24) is 18.8 Å². The summed E-state index contributed by atoms with van der Waals surface area (Å²) in [6.45, 7) is 2.81. The van der Waals surface area contributed by atoms with E-state index in [4.69, 9.17) is 0 Å². The number of aromatic nitrogens is 2. The number of carbonyl (C=O) groups excluding carboxylic acids is 1. The van der Waals surface area contributed by atoms with Gasteiger partial charge in [-0.2, -0.15) is 4.31 Å². The number of aryl methyl sites for hydroxylation is 1. The van der Waals surface area contributed by atoms with Gasteiger partial charge in [-0.25, -0.2) is 13.4 Å². The molecule has 0 saturated heterocycles. The Labute approximate surface area is 179 Å². The average Bonchev–Trinajstić information content (AvgIpc) is 3.05. The van der Waals surface area contributed by atoms with Gasteiger partial charge in [0.15, 0.2) is 0 Å². The first kappa shape index (κ1) is 21.5. The molecule has 0 fully saturated rings. The SMILES string of the molecule is CCn1c(CN(C)C(=O)CN(C)S(=O)(=O)c2ccc(Br)cc2)nc2ccccc21. The lowest BCUT2D eigenvalue weighted by Crippen LogP contribution is -2.39. The second kappa shape index (κ2) is 8.64. The largest absolute Gasteiger partial charge is 0.337 e. The van der Waals surface area contributed by atoms with E-state index in [2.05, 4.69) is 25.5 Å². The Morgan fingerprint density at radius 3 is 2.41 bits per heavy atom. The molecule has 0 atom stereocenters. The number of hydrogen-bond donors (Lipinski definition) is 0. The van der Waals surface area contributed by atoms with Gasteiger partial charge in [0.1, 0.15) is 5.82 Å². The number of rotatable bonds is 7. The third kappa shape index (κ3) is 4.52.